The van der Waals surface area contributed by atoms with Gasteiger partial charge < -0.3 is 9.47 Å². The summed E-state index contributed by atoms with van der Waals surface area (Å²) in [6.45, 7) is 7.50. The van der Waals surface area contributed by atoms with E-state index in [4.69, 9.17) is 21.7 Å². The Kier molecular flexibility index (Phi) is 6.75. The summed E-state index contributed by atoms with van der Waals surface area (Å²) in [4.78, 5) is 15.1. The number of thiocarbonyl (C=S) groups is 1. The summed E-state index contributed by atoms with van der Waals surface area (Å²) < 4.78 is 11.8. The molecular weight excluding hydrogens is 390 g/mol. The maximum Gasteiger partial charge on any atom is 0.266 e. The van der Waals surface area contributed by atoms with Crippen molar-refractivity contribution in [3.05, 3.63) is 64.1 Å². The molecule has 3 rings (SSSR count). The molecule has 0 radical (unpaired) electrons. The summed E-state index contributed by atoms with van der Waals surface area (Å²) >= 11 is 6.77. The molecule has 146 valence electrons. The first-order valence-corrected chi connectivity index (χ1v) is 10.4. The number of hydrogen-bond donors (Lipinski definition) is 0. The van der Waals surface area contributed by atoms with E-state index in [9.17, 15) is 4.79 Å². The van der Waals surface area contributed by atoms with Crippen molar-refractivity contribution in [1.29, 1.82) is 0 Å². The minimum atomic E-state index is -0.0672. The van der Waals surface area contributed by atoms with Gasteiger partial charge in [-0.1, -0.05) is 59.9 Å². The molecule has 1 saturated heterocycles. The van der Waals surface area contributed by atoms with Gasteiger partial charge in [0.2, 0.25) is 0 Å². The van der Waals surface area contributed by atoms with E-state index in [0.29, 0.717) is 40.5 Å². The van der Waals surface area contributed by atoms with Crippen LogP contribution in [-0.4, -0.2) is 28.3 Å². The molecule has 1 aliphatic heterocycles. The SMILES string of the molecule is CCOc1ccc(/C=C2\SC(=S)N(Cc3ccc(C)cc3)C2=O)cc1OCC. The zero-order valence-electron chi connectivity index (χ0n) is 16.2. The van der Waals surface area contributed by atoms with Gasteiger partial charge in [0, 0.05) is 0 Å². The number of carbonyl (C=O) groups is 1. The highest BCUT2D eigenvalue weighted by Gasteiger charge is 2.32. The predicted octanol–water partition coefficient (Wildman–Crippen LogP) is 5.19. The van der Waals surface area contributed by atoms with Gasteiger partial charge in [0.05, 0.1) is 24.7 Å². The number of hydrogen-bond acceptors (Lipinski definition) is 5. The van der Waals surface area contributed by atoms with E-state index in [1.165, 1.54) is 17.3 Å². The second-order valence-corrected chi connectivity index (χ2v) is 8.00. The Labute approximate surface area is 175 Å². The summed E-state index contributed by atoms with van der Waals surface area (Å²) in [6, 6.07) is 13.8. The normalized spacial score (nSPS) is 15.4. The van der Waals surface area contributed by atoms with Crippen LogP contribution in [0.15, 0.2) is 47.4 Å². The molecule has 0 bridgehead atoms. The van der Waals surface area contributed by atoms with Gasteiger partial charge in [-0.2, -0.15) is 0 Å². The van der Waals surface area contributed by atoms with Crippen LogP contribution in [-0.2, 0) is 11.3 Å². The second kappa shape index (κ2) is 9.26. The summed E-state index contributed by atoms with van der Waals surface area (Å²) in [5, 5.41) is 0. The largest absolute Gasteiger partial charge is 0.490 e. The van der Waals surface area contributed by atoms with E-state index in [2.05, 4.69) is 0 Å². The van der Waals surface area contributed by atoms with Crippen molar-refractivity contribution >= 4 is 40.3 Å². The number of nitrogens with zero attached hydrogens (tertiary/aromatic N) is 1. The summed E-state index contributed by atoms with van der Waals surface area (Å²) in [6.07, 6.45) is 1.85. The Bertz CT molecular complexity index is 906. The Morgan fingerprint density at radius 2 is 1.71 bits per heavy atom. The van der Waals surface area contributed by atoms with Crippen LogP contribution in [0.4, 0.5) is 0 Å². The van der Waals surface area contributed by atoms with Gasteiger partial charge in [-0.25, -0.2) is 0 Å². The summed E-state index contributed by atoms with van der Waals surface area (Å²) in [5.41, 5.74) is 3.13. The average molecular weight is 414 g/mol. The first-order valence-electron chi connectivity index (χ1n) is 9.22. The molecule has 2 aromatic carbocycles. The van der Waals surface area contributed by atoms with E-state index in [1.54, 1.807) is 4.90 Å². The average Bonchev–Trinajstić information content (AvgIpc) is 2.93. The molecule has 4 nitrogen and oxygen atoms in total. The molecule has 28 heavy (non-hydrogen) atoms. The minimum absolute atomic E-state index is 0.0672. The lowest BCUT2D eigenvalue weighted by atomic mass is 10.1. The third-order valence-corrected chi connectivity index (χ3v) is 5.58. The van der Waals surface area contributed by atoms with Crippen LogP contribution in [0, 0.1) is 6.92 Å². The standard InChI is InChI=1S/C22H23NO3S2/c1-4-25-18-11-10-17(12-19(18)26-5-2)13-20-21(24)23(22(27)28-20)14-16-8-6-15(3)7-9-16/h6-13H,4-5,14H2,1-3H3/b20-13-. The number of ether oxygens (including phenoxy) is 2. The van der Waals surface area contributed by atoms with Gasteiger partial charge in [-0.15, -0.1) is 0 Å². The molecule has 1 heterocycles. The van der Waals surface area contributed by atoms with E-state index in [-0.39, 0.29) is 5.91 Å². The first-order chi connectivity index (χ1) is 13.5. The molecule has 0 unspecified atom stereocenters. The second-order valence-electron chi connectivity index (χ2n) is 6.33. The van der Waals surface area contributed by atoms with E-state index >= 15 is 0 Å². The number of rotatable bonds is 7. The fraction of sp³-hybridized carbons (Fsp3) is 0.273. The molecule has 0 saturated carbocycles. The molecular formula is C22H23NO3S2. The van der Waals surface area contributed by atoms with E-state index in [0.717, 1.165) is 11.1 Å². The maximum absolute atomic E-state index is 12.9. The molecule has 6 heteroatoms. The molecule has 1 fully saturated rings. The van der Waals surface area contributed by atoms with E-state index in [1.807, 2.05) is 69.3 Å². The minimum Gasteiger partial charge on any atom is -0.490 e. The topological polar surface area (TPSA) is 38.8 Å². The highest BCUT2D eigenvalue weighted by molar-refractivity contribution is 8.26. The van der Waals surface area contributed by atoms with Gasteiger partial charge >= 0.3 is 0 Å². The van der Waals surface area contributed by atoms with Gasteiger partial charge in [0.15, 0.2) is 11.5 Å². The summed E-state index contributed by atoms with van der Waals surface area (Å²) in [7, 11) is 0. The third kappa shape index (κ3) is 4.75. The zero-order chi connectivity index (χ0) is 20.1. The monoisotopic (exact) mass is 413 g/mol. The fourth-order valence-corrected chi connectivity index (χ4v) is 4.08. The van der Waals surface area contributed by atoms with Crippen LogP contribution in [0.25, 0.3) is 6.08 Å². The Balaban J connectivity index is 1.81. The molecule has 1 aliphatic rings. The van der Waals surface area contributed by atoms with Crippen molar-refractivity contribution in [2.24, 2.45) is 0 Å². The third-order valence-electron chi connectivity index (χ3n) is 4.20. The van der Waals surface area contributed by atoms with Gasteiger partial charge in [-0.3, -0.25) is 9.69 Å². The van der Waals surface area contributed by atoms with Crippen LogP contribution < -0.4 is 9.47 Å². The van der Waals surface area contributed by atoms with Crippen LogP contribution in [0.3, 0.4) is 0 Å². The Hall–Kier alpha value is -2.31. The smallest absolute Gasteiger partial charge is 0.266 e. The molecule has 0 aromatic heterocycles. The molecule has 1 amide bonds. The fourth-order valence-electron chi connectivity index (χ4n) is 2.82. The van der Waals surface area contributed by atoms with Crippen molar-refractivity contribution in [1.82, 2.24) is 4.90 Å². The van der Waals surface area contributed by atoms with Crippen LogP contribution in [0.1, 0.15) is 30.5 Å². The highest BCUT2D eigenvalue weighted by atomic mass is 32.2. The number of carbonyl (C=O) groups excluding carboxylic acids is 1. The lowest BCUT2D eigenvalue weighted by molar-refractivity contribution is -0.122. The number of thioether (sulfide) groups is 1. The lowest BCUT2D eigenvalue weighted by Gasteiger charge is -2.14. The van der Waals surface area contributed by atoms with Crippen LogP contribution in [0.2, 0.25) is 0 Å². The van der Waals surface area contributed by atoms with E-state index < -0.39 is 0 Å². The lowest BCUT2D eigenvalue weighted by Crippen LogP contribution is -2.27. The van der Waals surface area contributed by atoms with Crippen molar-refractivity contribution in [2.45, 2.75) is 27.3 Å². The van der Waals surface area contributed by atoms with Crippen molar-refractivity contribution in [2.75, 3.05) is 13.2 Å². The van der Waals surface area contributed by atoms with Crippen molar-refractivity contribution in [3.8, 4) is 11.5 Å². The maximum atomic E-state index is 12.9. The predicted molar refractivity (Wildman–Crippen MR) is 119 cm³/mol. The quantitative estimate of drug-likeness (QED) is 0.461. The van der Waals surface area contributed by atoms with Crippen molar-refractivity contribution in [3.63, 3.8) is 0 Å². The number of benzene rings is 2. The molecule has 0 spiro atoms. The molecule has 0 aliphatic carbocycles. The Morgan fingerprint density at radius 3 is 2.39 bits per heavy atom. The zero-order valence-corrected chi connectivity index (χ0v) is 17.9. The molecule has 0 N–H and O–H groups in total. The number of aryl methyl sites for hydroxylation is 1. The summed E-state index contributed by atoms with van der Waals surface area (Å²) in [5.74, 6) is 1.31. The first kappa shape index (κ1) is 20.4. The molecule has 2 aromatic rings. The van der Waals surface area contributed by atoms with Crippen LogP contribution >= 0.6 is 24.0 Å². The van der Waals surface area contributed by atoms with Crippen molar-refractivity contribution < 1.29 is 14.3 Å². The number of amides is 1. The van der Waals surface area contributed by atoms with Crippen LogP contribution in [0.5, 0.6) is 11.5 Å². The van der Waals surface area contributed by atoms with Gasteiger partial charge in [-0.05, 0) is 50.1 Å². The highest BCUT2D eigenvalue weighted by Crippen LogP contribution is 2.35. The Morgan fingerprint density at radius 1 is 1.04 bits per heavy atom. The molecule has 0 atom stereocenters. The van der Waals surface area contributed by atoms with Gasteiger partial charge in [0.1, 0.15) is 4.32 Å². The van der Waals surface area contributed by atoms with Gasteiger partial charge in [0.25, 0.3) is 5.91 Å².